The monoisotopic (exact) mass is 784 g/mol. The van der Waals surface area contributed by atoms with Gasteiger partial charge in [0.2, 0.25) is 0 Å². The van der Waals surface area contributed by atoms with Gasteiger partial charge in [-0.1, -0.05) is 32.9 Å². The molecule has 3 aliphatic heterocycles. The van der Waals surface area contributed by atoms with Crippen molar-refractivity contribution in [2.45, 2.75) is 179 Å². The van der Waals surface area contributed by atoms with Gasteiger partial charge in [-0.25, -0.2) is 0 Å². The van der Waals surface area contributed by atoms with Crippen molar-refractivity contribution in [1.82, 2.24) is 4.90 Å². The quantitative estimate of drug-likeness (QED) is 0.125. The van der Waals surface area contributed by atoms with Crippen LogP contribution in [-0.2, 0) is 33.2 Å². The summed E-state index contributed by atoms with van der Waals surface area (Å²) in [6.45, 7) is 16.6. The van der Waals surface area contributed by atoms with Gasteiger partial charge in [0.05, 0.1) is 53.4 Å². The molecule has 6 N–H and O–H groups in total. The number of carbonyl (C=O) groups is 1. The zero-order valence-electron chi connectivity index (χ0n) is 33.8. The molecule has 312 valence electrons. The molecule has 3 rings (SSSR count). The smallest absolute Gasteiger partial charge is 0.311 e. The molecule has 18 unspecified atom stereocenters. The Morgan fingerprint density at radius 3 is 2.06 bits per heavy atom. The maximum absolute atomic E-state index is 14.1. The Bertz CT molecular complexity index is 1210. The summed E-state index contributed by atoms with van der Waals surface area (Å²) < 4.78 is 37.2. The van der Waals surface area contributed by atoms with Crippen molar-refractivity contribution in [3.05, 3.63) is 0 Å². The van der Waals surface area contributed by atoms with Gasteiger partial charge >= 0.3 is 5.97 Å². The van der Waals surface area contributed by atoms with Crippen LogP contribution in [0.5, 0.6) is 0 Å². The lowest BCUT2D eigenvalue weighted by Crippen LogP contribution is -2.61. The second kappa shape index (κ2) is 18.8. The first-order valence-corrected chi connectivity index (χ1v) is 18.7. The number of carbonyl (C=O) groups excluding carboxylic acids is 1. The van der Waals surface area contributed by atoms with Crippen molar-refractivity contribution < 1.29 is 64.0 Å². The Labute approximate surface area is 321 Å². The summed E-state index contributed by atoms with van der Waals surface area (Å²) in [5.41, 5.74) is -4.68. The SMILES string of the molecule is CCC1OC(=O)C(C)C(OC2CC(C)(OC)C(O)C(C)O2)C(C)C(OC2OC(C)CC(N(C)C)C2O)C(C)(O)CC(C)C(=NO)C(C)C(O)C1(C)O.Cl. The fraction of sp³-hybridized carbons (Fsp3) is 0.946. The topological polar surface area (TPSA) is 209 Å². The van der Waals surface area contributed by atoms with E-state index in [1.54, 1.807) is 55.4 Å². The van der Waals surface area contributed by atoms with Crippen molar-refractivity contribution in [2.24, 2.45) is 28.8 Å². The van der Waals surface area contributed by atoms with Gasteiger partial charge in [0.25, 0.3) is 0 Å². The Morgan fingerprint density at radius 2 is 1.53 bits per heavy atom. The average molecular weight is 785 g/mol. The Balaban J connectivity index is 0.00000972. The minimum absolute atomic E-state index is 0. The van der Waals surface area contributed by atoms with E-state index >= 15 is 0 Å². The lowest BCUT2D eigenvalue weighted by atomic mass is 9.73. The van der Waals surface area contributed by atoms with Crippen LogP contribution in [0.1, 0.15) is 94.9 Å². The van der Waals surface area contributed by atoms with Gasteiger partial charge in [-0.2, -0.15) is 0 Å². The molecular formula is C37H69ClN2O13. The number of ether oxygens (including phenoxy) is 6. The summed E-state index contributed by atoms with van der Waals surface area (Å²) in [6, 6.07) is -0.322. The number of oxime groups is 1. The molecule has 15 nitrogen and oxygen atoms in total. The van der Waals surface area contributed by atoms with E-state index in [9.17, 15) is 35.5 Å². The average Bonchev–Trinajstić information content (AvgIpc) is 3.06. The summed E-state index contributed by atoms with van der Waals surface area (Å²) in [4.78, 5) is 16.0. The third-order valence-corrected chi connectivity index (χ3v) is 12.0. The van der Waals surface area contributed by atoms with Crippen LogP contribution >= 0.6 is 12.4 Å². The predicted octanol–water partition coefficient (Wildman–Crippen LogP) is 2.47. The maximum Gasteiger partial charge on any atom is 0.311 e. The van der Waals surface area contributed by atoms with E-state index in [0.29, 0.717) is 6.42 Å². The first-order valence-electron chi connectivity index (χ1n) is 18.7. The van der Waals surface area contributed by atoms with Crippen molar-refractivity contribution in [2.75, 3.05) is 21.2 Å². The van der Waals surface area contributed by atoms with E-state index in [-0.39, 0.29) is 49.5 Å². The van der Waals surface area contributed by atoms with Crippen molar-refractivity contribution in [1.29, 1.82) is 0 Å². The molecule has 0 aromatic carbocycles. The highest BCUT2D eigenvalue weighted by Gasteiger charge is 2.53. The molecule has 16 heteroatoms. The van der Waals surface area contributed by atoms with Crippen LogP contribution < -0.4 is 0 Å². The Kier molecular flexibility index (Phi) is 17.0. The summed E-state index contributed by atoms with van der Waals surface area (Å²) >= 11 is 0. The van der Waals surface area contributed by atoms with Gasteiger partial charge in [0.1, 0.15) is 23.9 Å². The van der Waals surface area contributed by atoms with Crippen LogP contribution in [0.25, 0.3) is 0 Å². The summed E-state index contributed by atoms with van der Waals surface area (Å²) in [5, 5.41) is 71.8. The third-order valence-electron chi connectivity index (χ3n) is 12.0. The number of rotatable bonds is 7. The van der Waals surface area contributed by atoms with E-state index in [2.05, 4.69) is 5.16 Å². The lowest BCUT2D eigenvalue weighted by molar-refractivity contribution is -0.317. The molecule has 0 saturated carbocycles. The van der Waals surface area contributed by atoms with Gasteiger partial charge in [0.15, 0.2) is 12.6 Å². The predicted molar refractivity (Wildman–Crippen MR) is 198 cm³/mol. The number of halogens is 1. The molecular weight excluding hydrogens is 716 g/mol. The second-order valence-corrected chi connectivity index (χ2v) is 16.6. The summed E-state index contributed by atoms with van der Waals surface area (Å²) in [7, 11) is 5.19. The number of aliphatic hydroxyl groups is 5. The number of cyclic esters (lactones) is 1. The molecule has 53 heavy (non-hydrogen) atoms. The second-order valence-electron chi connectivity index (χ2n) is 16.6. The first kappa shape index (κ1) is 47.9. The molecule has 0 aromatic rings. The highest BCUT2D eigenvalue weighted by Crippen LogP contribution is 2.41. The van der Waals surface area contributed by atoms with E-state index < -0.39 is 102 Å². The number of methoxy groups -OCH3 is 1. The number of nitrogens with zero attached hydrogens (tertiary/aromatic N) is 2. The third kappa shape index (κ3) is 10.4. The molecule has 0 amide bonds. The standard InChI is InChI=1S/C37H68N2O13.ClH/c1-14-25-37(10,45)30(41)20(4)27(38-46)18(2)16-35(8,44)32(52-34-28(40)24(39(11)12)15-19(3)48-34)21(5)29(22(6)33(43)50-25)51-26-17-36(9,47-13)31(42)23(7)49-26;/h18-26,28-32,34,40-42,44-46H,14-17H2,1-13H3;1H. The van der Waals surface area contributed by atoms with E-state index in [1.165, 1.54) is 14.0 Å². The fourth-order valence-corrected chi connectivity index (χ4v) is 8.61. The highest BCUT2D eigenvalue weighted by atomic mass is 35.5. The Hall–Kier alpha value is -1.21. The van der Waals surface area contributed by atoms with Crippen LogP contribution in [0.4, 0.5) is 0 Å². The fourth-order valence-electron chi connectivity index (χ4n) is 8.61. The molecule has 3 fully saturated rings. The molecule has 3 heterocycles. The van der Waals surface area contributed by atoms with Crippen LogP contribution in [0.15, 0.2) is 5.16 Å². The Morgan fingerprint density at radius 1 is 0.925 bits per heavy atom. The minimum Gasteiger partial charge on any atom is -0.459 e. The van der Waals surface area contributed by atoms with E-state index in [4.69, 9.17) is 28.4 Å². The maximum atomic E-state index is 14.1. The van der Waals surface area contributed by atoms with Crippen LogP contribution in [0.2, 0.25) is 0 Å². The molecule has 0 spiro atoms. The number of hydrogen-bond acceptors (Lipinski definition) is 15. The van der Waals surface area contributed by atoms with Crippen LogP contribution in [0.3, 0.4) is 0 Å². The number of esters is 1. The molecule has 0 aliphatic carbocycles. The van der Waals surface area contributed by atoms with Crippen LogP contribution in [0, 0.1) is 23.7 Å². The lowest BCUT2D eigenvalue weighted by Gasteiger charge is -2.49. The van der Waals surface area contributed by atoms with Gasteiger partial charge < -0.3 is 64.1 Å². The van der Waals surface area contributed by atoms with Crippen molar-refractivity contribution in [3.8, 4) is 0 Å². The van der Waals surface area contributed by atoms with Crippen molar-refractivity contribution in [3.63, 3.8) is 0 Å². The first-order chi connectivity index (χ1) is 24.0. The van der Waals surface area contributed by atoms with Gasteiger partial charge in [0, 0.05) is 37.3 Å². The van der Waals surface area contributed by atoms with E-state index in [0.717, 1.165) is 0 Å². The van der Waals surface area contributed by atoms with Gasteiger partial charge in [-0.3, -0.25) is 4.79 Å². The number of aliphatic hydroxyl groups excluding tert-OH is 3. The van der Waals surface area contributed by atoms with Gasteiger partial charge in [-0.05, 0) is 74.9 Å². The largest absolute Gasteiger partial charge is 0.459 e. The van der Waals surface area contributed by atoms with Crippen LogP contribution in [-0.4, -0.2) is 153 Å². The zero-order chi connectivity index (χ0) is 39.7. The summed E-state index contributed by atoms with van der Waals surface area (Å²) in [5.74, 6) is -4.24. The molecule has 0 aromatic heterocycles. The zero-order valence-corrected chi connectivity index (χ0v) is 34.6. The molecule has 3 aliphatic rings. The number of likely N-dealkylation sites (N-methyl/N-ethyl adjacent to an activating group) is 1. The molecule has 18 atom stereocenters. The van der Waals surface area contributed by atoms with Gasteiger partial charge in [-0.15, -0.1) is 12.4 Å². The molecule has 0 radical (unpaired) electrons. The van der Waals surface area contributed by atoms with Crippen molar-refractivity contribution >= 4 is 24.1 Å². The normalized spacial score (nSPS) is 48.8. The molecule has 0 bridgehead atoms. The van der Waals surface area contributed by atoms with E-state index in [1.807, 2.05) is 25.9 Å². The molecule has 3 saturated heterocycles. The highest BCUT2D eigenvalue weighted by molar-refractivity contribution is 5.88. The summed E-state index contributed by atoms with van der Waals surface area (Å²) in [6.07, 6.45) is -9.51. The minimum atomic E-state index is -1.97. The number of hydrogen-bond donors (Lipinski definition) is 6.